The van der Waals surface area contributed by atoms with Crippen molar-refractivity contribution in [2.45, 2.75) is 60.1 Å². The number of rotatable bonds is 5. The number of alkyl halides is 3. The molecule has 142 valence electrons. The molecule has 0 N–H and O–H groups in total. The second-order valence-corrected chi connectivity index (χ2v) is 10.9. The first-order valence-corrected chi connectivity index (χ1v) is 10.3. The third-order valence-electron chi connectivity index (χ3n) is 3.46. The Balaban J connectivity index is 2.14. The average Bonchev–Trinajstić information content (AvgIpc) is 2.48. The van der Waals surface area contributed by atoms with Crippen LogP contribution in [0.4, 0.5) is 13.2 Å². The molecule has 1 atom stereocenters. The van der Waals surface area contributed by atoms with Crippen molar-refractivity contribution in [3.05, 3.63) is 58.6 Å². The molecule has 0 aliphatic heterocycles. The molecule has 0 spiro atoms. The Bertz CT molecular complexity index is 751. The van der Waals surface area contributed by atoms with E-state index in [4.69, 9.17) is 11.6 Å². The summed E-state index contributed by atoms with van der Waals surface area (Å²) in [7, 11) is 0. The van der Waals surface area contributed by atoms with E-state index in [9.17, 15) is 13.2 Å². The SMILES string of the molecule is CC(Cc1ccc(Cl)c(SC(C)(C)C)c1)Sc1ccccc1C(F)(F)F. The van der Waals surface area contributed by atoms with Crippen molar-refractivity contribution in [2.24, 2.45) is 0 Å². The molecule has 0 aliphatic rings. The van der Waals surface area contributed by atoms with Gasteiger partial charge in [0.15, 0.2) is 0 Å². The highest BCUT2D eigenvalue weighted by atomic mass is 35.5. The van der Waals surface area contributed by atoms with E-state index >= 15 is 0 Å². The van der Waals surface area contributed by atoms with E-state index in [0.717, 1.165) is 16.5 Å². The molecule has 0 aromatic heterocycles. The molecule has 0 amide bonds. The zero-order valence-corrected chi connectivity index (χ0v) is 17.5. The molecule has 0 aliphatic carbocycles. The van der Waals surface area contributed by atoms with Gasteiger partial charge in [0, 0.05) is 19.8 Å². The normalized spacial score (nSPS) is 13.7. The lowest BCUT2D eigenvalue weighted by Gasteiger charge is -2.20. The van der Waals surface area contributed by atoms with Crippen molar-refractivity contribution >= 4 is 35.1 Å². The molecule has 0 heterocycles. The van der Waals surface area contributed by atoms with Crippen molar-refractivity contribution < 1.29 is 13.2 Å². The van der Waals surface area contributed by atoms with Crippen LogP contribution < -0.4 is 0 Å². The van der Waals surface area contributed by atoms with E-state index in [1.165, 1.54) is 23.9 Å². The van der Waals surface area contributed by atoms with E-state index in [0.29, 0.717) is 11.4 Å². The zero-order valence-electron chi connectivity index (χ0n) is 15.2. The van der Waals surface area contributed by atoms with Crippen molar-refractivity contribution in [1.29, 1.82) is 0 Å². The summed E-state index contributed by atoms with van der Waals surface area (Å²) < 4.78 is 39.5. The zero-order chi connectivity index (χ0) is 19.5. The fourth-order valence-corrected chi connectivity index (χ4v) is 4.92. The lowest BCUT2D eigenvalue weighted by Crippen LogP contribution is -2.09. The van der Waals surface area contributed by atoms with Gasteiger partial charge in [0.25, 0.3) is 0 Å². The van der Waals surface area contributed by atoms with E-state index in [1.54, 1.807) is 17.8 Å². The summed E-state index contributed by atoms with van der Waals surface area (Å²) >= 11 is 9.23. The van der Waals surface area contributed by atoms with Gasteiger partial charge < -0.3 is 0 Å². The van der Waals surface area contributed by atoms with Crippen molar-refractivity contribution in [1.82, 2.24) is 0 Å². The fraction of sp³-hybridized carbons (Fsp3) is 0.400. The fourth-order valence-electron chi connectivity index (χ4n) is 2.48. The number of thioether (sulfide) groups is 2. The Morgan fingerprint density at radius 1 is 1.00 bits per heavy atom. The minimum atomic E-state index is -4.33. The second-order valence-electron chi connectivity index (χ2n) is 7.11. The van der Waals surface area contributed by atoms with Gasteiger partial charge >= 0.3 is 6.18 Å². The minimum Gasteiger partial charge on any atom is -0.166 e. The summed E-state index contributed by atoms with van der Waals surface area (Å²) in [6.07, 6.45) is -3.66. The van der Waals surface area contributed by atoms with Crippen LogP contribution in [-0.4, -0.2) is 10.00 Å². The summed E-state index contributed by atoms with van der Waals surface area (Å²) in [5.74, 6) is 0. The van der Waals surface area contributed by atoms with Crippen LogP contribution in [0.25, 0.3) is 0 Å². The molecule has 0 saturated heterocycles. The standard InChI is InChI=1S/C20H22ClF3S2/c1-13(25-17-8-6-5-7-15(17)20(22,23)24)11-14-9-10-16(21)18(12-14)26-19(2,3)4/h5-10,12-13H,11H2,1-4H3. The van der Waals surface area contributed by atoms with E-state index in [2.05, 4.69) is 20.8 Å². The highest BCUT2D eigenvalue weighted by Gasteiger charge is 2.33. The van der Waals surface area contributed by atoms with Crippen LogP contribution in [0.1, 0.15) is 38.8 Å². The molecule has 0 nitrogen and oxygen atoms in total. The molecule has 2 aromatic rings. The van der Waals surface area contributed by atoms with Gasteiger partial charge in [-0.2, -0.15) is 13.2 Å². The lowest BCUT2D eigenvalue weighted by molar-refractivity contribution is -0.139. The molecule has 2 aromatic carbocycles. The first kappa shape index (κ1) is 21.5. The quantitative estimate of drug-likeness (QED) is 0.451. The summed E-state index contributed by atoms with van der Waals surface area (Å²) in [4.78, 5) is 1.27. The van der Waals surface area contributed by atoms with Gasteiger partial charge in [-0.25, -0.2) is 0 Å². The first-order valence-electron chi connectivity index (χ1n) is 8.26. The minimum absolute atomic E-state index is 0.00663. The Kier molecular flexibility index (Phi) is 7.03. The smallest absolute Gasteiger partial charge is 0.166 e. The molecular formula is C20H22ClF3S2. The van der Waals surface area contributed by atoms with Gasteiger partial charge in [0.2, 0.25) is 0 Å². The number of benzene rings is 2. The highest BCUT2D eigenvalue weighted by Crippen LogP contribution is 2.40. The summed E-state index contributed by atoms with van der Waals surface area (Å²) in [6, 6.07) is 11.6. The predicted molar refractivity (Wildman–Crippen MR) is 108 cm³/mol. The maximum absolute atomic E-state index is 13.1. The summed E-state index contributed by atoms with van der Waals surface area (Å²) in [5, 5.41) is 0.712. The van der Waals surface area contributed by atoms with Crippen molar-refractivity contribution in [2.75, 3.05) is 0 Å². The van der Waals surface area contributed by atoms with Crippen LogP contribution in [0.5, 0.6) is 0 Å². The van der Waals surface area contributed by atoms with Gasteiger partial charge in [-0.1, -0.05) is 57.5 Å². The van der Waals surface area contributed by atoms with Gasteiger partial charge in [0.1, 0.15) is 0 Å². The predicted octanol–water partition coefficient (Wildman–Crippen LogP) is 7.97. The molecule has 0 radical (unpaired) electrons. The Morgan fingerprint density at radius 3 is 2.27 bits per heavy atom. The first-order chi connectivity index (χ1) is 12.0. The third kappa shape index (κ3) is 6.43. The number of halogens is 4. The summed E-state index contributed by atoms with van der Waals surface area (Å²) in [5.41, 5.74) is 0.502. The monoisotopic (exact) mass is 418 g/mol. The topological polar surface area (TPSA) is 0 Å². The van der Waals surface area contributed by atoms with Gasteiger partial charge in [-0.3, -0.25) is 0 Å². The number of hydrogen-bond acceptors (Lipinski definition) is 2. The third-order valence-corrected chi connectivity index (χ3v) is 6.25. The Labute approximate surface area is 166 Å². The van der Waals surface area contributed by atoms with Crippen molar-refractivity contribution in [3.63, 3.8) is 0 Å². The van der Waals surface area contributed by atoms with E-state index in [1.807, 2.05) is 25.1 Å². The molecule has 6 heteroatoms. The van der Waals surface area contributed by atoms with Gasteiger partial charge in [-0.15, -0.1) is 23.5 Å². The second kappa shape index (κ2) is 8.49. The molecule has 2 rings (SSSR count). The van der Waals surface area contributed by atoms with Crippen LogP contribution in [0.2, 0.25) is 5.02 Å². The van der Waals surface area contributed by atoms with Crippen LogP contribution in [0.15, 0.2) is 52.3 Å². The van der Waals surface area contributed by atoms with Crippen LogP contribution >= 0.6 is 35.1 Å². The van der Waals surface area contributed by atoms with Gasteiger partial charge in [0.05, 0.1) is 10.6 Å². The number of hydrogen-bond donors (Lipinski definition) is 0. The molecule has 0 saturated carbocycles. The highest BCUT2D eigenvalue weighted by molar-refractivity contribution is 8.00. The Morgan fingerprint density at radius 2 is 1.65 bits per heavy atom. The molecule has 0 bridgehead atoms. The largest absolute Gasteiger partial charge is 0.417 e. The van der Waals surface area contributed by atoms with Crippen LogP contribution in [0.3, 0.4) is 0 Å². The lowest BCUT2D eigenvalue weighted by atomic mass is 10.1. The van der Waals surface area contributed by atoms with Crippen molar-refractivity contribution in [3.8, 4) is 0 Å². The summed E-state index contributed by atoms with van der Waals surface area (Å²) in [6.45, 7) is 8.30. The maximum Gasteiger partial charge on any atom is 0.417 e. The average molecular weight is 419 g/mol. The van der Waals surface area contributed by atoms with Crippen LogP contribution in [-0.2, 0) is 12.6 Å². The van der Waals surface area contributed by atoms with Crippen LogP contribution in [0, 0.1) is 0 Å². The molecule has 0 fully saturated rings. The van der Waals surface area contributed by atoms with E-state index < -0.39 is 11.7 Å². The molecule has 26 heavy (non-hydrogen) atoms. The molecule has 1 unspecified atom stereocenters. The maximum atomic E-state index is 13.1. The molecular weight excluding hydrogens is 397 g/mol. The van der Waals surface area contributed by atoms with E-state index in [-0.39, 0.29) is 14.9 Å². The van der Waals surface area contributed by atoms with Gasteiger partial charge in [-0.05, 0) is 36.2 Å². The Hall–Kier alpha value is -0.780.